The van der Waals surface area contributed by atoms with Gasteiger partial charge in [0.25, 0.3) is 0 Å². The average molecular weight is 363 g/mol. The first-order valence-corrected chi connectivity index (χ1v) is 6.83. The second-order valence-electron chi connectivity index (χ2n) is 3.92. The predicted molar refractivity (Wildman–Crippen MR) is 79.3 cm³/mol. The van der Waals surface area contributed by atoms with E-state index in [0.29, 0.717) is 6.54 Å². The zero-order chi connectivity index (χ0) is 13.1. The minimum atomic E-state index is 0.610. The van der Waals surface area contributed by atoms with E-state index >= 15 is 0 Å². The first-order chi connectivity index (χ1) is 9.34. The van der Waals surface area contributed by atoms with Gasteiger partial charge in [0.05, 0.1) is 17.9 Å². The fraction of sp³-hybridized carbons (Fsp3) is 0.0769. The molecular weight excluding hydrogens is 353 g/mol. The predicted octanol–water partition coefficient (Wildman–Crippen LogP) is 2.39. The molecule has 0 bridgehead atoms. The molecule has 0 aliphatic carbocycles. The van der Waals surface area contributed by atoms with Crippen molar-refractivity contribution in [3.8, 4) is 11.4 Å². The zero-order valence-corrected chi connectivity index (χ0v) is 12.1. The standard InChI is InChI=1S/C13H10IN5/c14-13-12(11-6-2-4-8-16-11)17-18-19(13)9-10-5-1-3-7-15-10/h1-8H,9H2. The summed E-state index contributed by atoms with van der Waals surface area (Å²) in [7, 11) is 0. The molecule has 0 fully saturated rings. The topological polar surface area (TPSA) is 56.5 Å². The van der Waals surface area contributed by atoms with Gasteiger partial charge in [0, 0.05) is 12.4 Å². The van der Waals surface area contributed by atoms with E-state index < -0.39 is 0 Å². The quantitative estimate of drug-likeness (QED) is 0.671. The molecule has 0 saturated heterocycles. The molecule has 3 aromatic rings. The van der Waals surface area contributed by atoms with Gasteiger partial charge in [-0.3, -0.25) is 9.97 Å². The first kappa shape index (κ1) is 12.2. The second kappa shape index (κ2) is 5.43. The van der Waals surface area contributed by atoms with Crippen LogP contribution in [0.1, 0.15) is 5.69 Å². The normalized spacial score (nSPS) is 10.6. The lowest BCUT2D eigenvalue weighted by atomic mass is 10.3. The van der Waals surface area contributed by atoms with E-state index in [4.69, 9.17) is 0 Å². The van der Waals surface area contributed by atoms with Crippen molar-refractivity contribution in [2.24, 2.45) is 0 Å². The largest absolute Gasteiger partial charge is 0.259 e. The number of pyridine rings is 2. The SMILES string of the molecule is Ic1c(-c2ccccn2)nnn1Cc1ccccn1. The Morgan fingerprint density at radius 2 is 1.79 bits per heavy atom. The van der Waals surface area contributed by atoms with Crippen LogP contribution in [0.4, 0.5) is 0 Å². The molecule has 94 valence electrons. The number of hydrogen-bond donors (Lipinski definition) is 0. The molecule has 0 radical (unpaired) electrons. The van der Waals surface area contributed by atoms with Crippen molar-refractivity contribution in [3.63, 3.8) is 0 Å². The van der Waals surface area contributed by atoms with Gasteiger partial charge in [0.1, 0.15) is 9.39 Å². The van der Waals surface area contributed by atoms with E-state index in [-0.39, 0.29) is 0 Å². The van der Waals surface area contributed by atoms with Crippen molar-refractivity contribution in [2.45, 2.75) is 6.54 Å². The van der Waals surface area contributed by atoms with Crippen LogP contribution in [0.5, 0.6) is 0 Å². The van der Waals surface area contributed by atoms with Gasteiger partial charge >= 0.3 is 0 Å². The van der Waals surface area contributed by atoms with E-state index in [0.717, 1.165) is 20.8 Å². The van der Waals surface area contributed by atoms with Crippen LogP contribution in [0, 0.1) is 3.70 Å². The molecule has 0 atom stereocenters. The fourth-order valence-electron chi connectivity index (χ4n) is 1.71. The summed E-state index contributed by atoms with van der Waals surface area (Å²) in [6, 6.07) is 11.6. The molecule has 3 rings (SSSR count). The molecule has 0 unspecified atom stereocenters. The highest BCUT2D eigenvalue weighted by atomic mass is 127. The molecule has 0 spiro atoms. The van der Waals surface area contributed by atoms with Crippen molar-refractivity contribution in [1.82, 2.24) is 25.0 Å². The third kappa shape index (κ3) is 2.62. The van der Waals surface area contributed by atoms with Gasteiger partial charge in [-0.25, -0.2) is 4.68 Å². The molecule has 3 aromatic heterocycles. The second-order valence-corrected chi connectivity index (χ2v) is 4.94. The molecule has 6 heteroatoms. The van der Waals surface area contributed by atoms with Gasteiger partial charge in [-0.2, -0.15) is 0 Å². The lowest BCUT2D eigenvalue weighted by Crippen LogP contribution is -2.05. The molecule has 19 heavy (non-hydrogen) atoms. The third-order valence-electron chi connectivity index (χ3n) is 2.62. The third-order valence-corrected chi connectivity index (χ3v) is 3.69. The summed E-state index contributed by atoms with van der Waals surface area (Å²) in [6.07, 6.45) is 3.53. The highest BCUT2D eigenvalue weighted by Gasteiger charge is 2.13. The van der Waals surface area contributed by atoms with Gasteiger partial charge < -0.3 is 0 Å². The summed E-state index contributed by atoms with van der Waals surface area (Å²) in [5.74, 6) is 0. The van der Waals surface area contributed by atoms with Gasteiger partial charge in [-0.15, -0.1) is 5.10 Å². The minimum absolute atomic E-state index is 0.610. The van der Waals surface area contributed by atoms with E-state index in [1.54, 1.807) is 12.4 Å². The number of aromatic nitrogens is 5. The average Bonchev–Trinajstić information content (AvgIpc) is 2.82. The van der Waals surface area contributed by atoms with Crippen LogP contribution in [0.25, 0.3) is 11.4 Å². The van der Waals surface area contributed by atoms with Gasteiger partial charge in [0.15, 0.2) is 0 Å². The molecule has 0 aliphatic heterocycles. The van der Waals surface area contributed by atoms with E-state index in [1.807, 2.05) is 41.1 Å². The molecule has 0 amide bonds. The van der Waals surface area contributed by atoms with Crippen molar-refractivity contribution in [3.05, 3.63) is 58.2 Å². The Bertz CT molecular complexity index is 666. The fourth-order valence-corrected chi connectivity index (χ4v) is 2.36. The Labute approximate surface area is 123 Å². The summed E-state index contributed by atoms with van der Waals surface area (Å²) < 4.78 is 2.79. The maximum atomic E-state index is 4.29. The Morgan fingerprint density at radius 3 is 2.47 bits per heavy atom. The van der Waals surface area contributed by atoms with E-state index in [9.17, 15) is 0 Å². The van der Waals surface area contributed by atoms with Crippen molar-refractivity contribution >= 4 is 22.6 Å². The molecule has 0 N–H and O–H groups in total. The molecular formula is C13H10IN5. The monoisotopic (exact) mass is 363 g/mol. The van der Waals surface area contributed by atoms with Gasteiger partial charge in [0.2, 0.25) is 0 Å². The van der Waals surface area contributed by atoms with Crippen LogP contribution in [-0.2, 0) is 6.54 Å². The minimum Gasteiger partial charge on any atom is -0.259 e. The zero-order valence-electron chi connectivity index (χ0n) is 9.94. The van der Waals surface area contributed by atoms with Gasteiger partial charge in [-0.05, 0) is 46.9 Å². The smallest absolute Gasteiger partial charge is 0.144 e. The lowest BCUT2D eigenvalue weighted by molar-refractivity contribution is 0.626. The van der Waals surface area contributed by atoms with E-state index in [2.05, 4.69) is 42.9 Å². The van der Waals surface area contributed by atoms with E-state index in [1.165, 1.54) is 0 Å². The van der Waals surface area contributed by atoms with Crippen molar-refractivity contribution < 1.29 is 0 Å². The van der Waals surface area contributed by atoms with Crippen LogP contribution < -0.4 is 0 Å². The number of hydrogen-bond acceptors (Lipinski definition) is 4. The highest BCUT2D eigenvalue weighted by Crippen LogP contribution is 2.20. The summed E-state index contributed by atoms with van der Waals surface area (Å²) in [5, 5.41) is 8.36. The number of nitrogens with zero attached hydrogens (tertiary/aromatic N) is 5. The van der Waals surface area contributed by atoms with Crippen LogP contribution in [-0.4, -0.2) is 25.0 Å². The Balaban J connectivity index is 1.92. The summed E-state index contributed by atoms with van der Waals surface area (Å²) in [5.41, 5.74) is 2.59. The summed E-state index contributed by atoms with van der Waals surface area (Å²) in [4.78, 5) is 8.58. The van der Waals surface area contributed by atoms with Crippen LogP contribution in [0.3, 0.4) is 0 Å². The maximum Gasteiger partial charge on any atom is 0.144 e. The number of rotatable bonds is 3. The molecule has 3 heterocycles. The molecule has 0 aromatic carbocycles. The number of halogens is 1. The summed E-state index contributed by atoms with van der Waals surface area (Å²) >= 11 is 2.24. The van der Waals surface area contributed by atoms with Crippen LogP contribution in [0.2, 0.25) is 0 Å². The molecule has 0 aliphatic rings. The summed E-state index contributed by atoms with van der Waals surface area (Å²) in [6.45, 7) is 0.610. The van der Waals surface area contributed by atoms with Crippen molar-refractivity contribution in [2.75, 3.05) is 0 Å². The Morgan fingerprint density at radius 1 is 1.00 bits per heavy atom. The van der Waals surface area contributed by atoms with Gasteiger partial charge in [-0.1, -0.05) is 17.3 Å². The Hall–Kier alpha value is -1.83. The maximum absolute atomic E-state index is 4.29. The highest BCUT2D eigenvalue weighted by molar-refractivity contribution is 14.1. The Kier molecular flexibility index (Phi) is 3.49. The first-order valence-electron chi connectivity index (χ1n) is 5.75. The molecule has 5 nitrogen and oxygen atoms in total. The molecule has 0 saturated carbocycles. The van der Waals surface area contributed by atoms with Crippen molar-refractivity contribution in [1.29, 1.82) is 0 Å². The van der Waals surface area contributed by atoms with Crippen LogP contribution >= 0.6 is 22.6 Å². The lowest BCUT2D eigenvalue weighted by Gasteiger charge is -2.01. The van der Waals surface area contributed by atoms with Crippen LogP contribution in [0.15, 0.2) is 48.8 Å².